The molecule has 0 saturated heterocycles. The fraction of sp³-hybridized carbons (Fsp3) is 0.500. The SMILES string of the molecule is CCCOC(=O)c1c(NC(=O)c2nn(C)cc2Cl)sc2c1CC[C@H](C)C2. The highest BCUT2D eigenvalue weighted by Crippen LogP contribution is 2.40. The molecule has 0 radical (unpaired) electrons. The van der Waals surface area contributed by atoms with Crippen molar-refractivity contribution < 1.29 is 14.3 Å². The van der Waals surface area contributed by atoms with Crippen molar-refractivity contribution in [2.24, 2.45) is 13.0 Å². The van der Waals surface area contributed by atoms with E-state index < -0.39 is 5.91 Å². The molecule has 0 bridgehead atoms. The van der Waals surface area contributed by atoms with Gasteiger partial charge in [-0.2, -0.15) is 5.10 Å². The number of carbonyl (C=O) groups is 2. The lowest BCUT2D eigenvalue weighted by Gasteiger charge is -2.18. The van der Waals surface area contributed by atoms with Crippen molar-refractivity contribution in [1.29, 1.82) is 0 Å². The summed E-state index contributed by atoms with van der Waals surface area (Å²) < 4.78 is 6.84. The number of amides is 1. The van der Waals surface area contributed by atoms with Gasteiger partial charge in [0.05, 0.1) is 17.2 Å². The third-order valence-electron chi connectivity index (χ3n) is 4.38. The monoisotopic (exact) mass is 395 g/mol. The summed E-state index contributed by atoms with van der Waals surface area (Å²) >= 11 is 7.52. The number of hydrogen-bond acceptors (Lipinski definition) is 5. The van der Waals surface area contributed by atoms with Crippen LogP contribution in [0.3, 0.4) is 0 Å². The number of halogens is 1. The Kier molecular flexibility index (Phi) is 5.67. The number of carbonyl (C=O) groups excluding carboxylic acids is 2. The molecule has 0 unspecified atom stereocenters. The van der Waals surface area contributed by atoms with Crippen molar-refractivity contribution in [2.45, 2.75) is 39.5 Å². The van der Waals surface area contributed by atoms with Gasteiger partial charge in [-0.3, -0.25) is 9.48 Å². The fourth-order valence-electron chi connectivity index (χ4n) is 3.10. The molecule has 8 heteroatoms. The van der Waals surface area contributed by atoms with Crippen molar-refractivity contribution in [3.05, 3.63) is 32.9 Å². The van der Waals surface area contributed by atoms with E-state index in [1.54, 1.807) is 13.2 Å². The van der Waals surface area contributed by atoms with Crippen LogP contribution in [0.25, 0.3) is 0 Å². The quantitative estimate of drug-likeness (QED) is 0.774. The predicted octanol–water partition coefficient (Wildman–Crippen LogP) is 4.08. The summed E-state index contributed by atoms with van der Waals surface area (Å²) in [7, 11) is 1.70. The molecule has 0 aliphatic heterocycles. The Labute approximate surface area is 161 Å². The zero-order valence-electron chi connectivity index (χ0n) is 15.1. The van der Waals surface area contributed by atoms with Crippen LogP contribution < -0.4 is 5.32 Å². The number of nitrogens with zero attached hydrogens (tertiary/aromatic N) is 2. The molecule has 1 aliphatic carbocycles. The number of fused-ring (bicyclic) bond motifs is 1. The summed E-state index contributed by atoms with van der Waals surface area (Å²) in [5, 5.41) is 7.71. The maximum Gasteiger partial charge on any atom is 0.341 e. The topological polar surface area (TPSA) is 73.2 Å². The maximum atomic E-state index is 12.6. The molecule has 2 aromatic rings. The van der Waals surface area contributed by atoms with E-state index in [-0.39, 0.29) is 16.7 Å². The molecular formula is C18H22ClN3O3S. The van der Waals surface area contributed by atoms with Crippen LogP contribution in [0.4, 0.5) is 5.00 Å². The van der Waals surface area contributed by atoms with Crippen LogP contribution in [-0.2, 0) is 24.6 Å². The molecule has 6 nitrogen and oxygen atoms in total. The van der Waals surface area contributed by atoms with Crippen molar-refractivity contribution >= 4 is 39.8 Å². The minimum absolute atomic E-state index is 0.141. The van der Waals surface area contributed by atoms with Crippen LogP contribution >= 0.6 is 22.9 Å². The number of esters is 1. The first-order chi connectivity index (χ1) is 12.4. The number of aryl methyl sites for hydroxylation is 1. The van der Waals surface area contributed by atoms with Gasteiger partial charge in [-0.05, 0) is 37.2 Å². The molecule has 140 valence electrons. The van der Waals surface area contributed by atoms with Gasteiger partial charge in [0.2, 0.25) is 0 Å². The smallest absolute Gasteiger partial charge is 0.341 e. The van der Waals surface area contributed by atoms with Crippen molar-refractivity contribution in [3.63, 3.8) is 0 Å². The fourth-order valence-corrected chi connectivity index (χ4v) is 4.76. The third kappa shape index (κ3) is 3.78. The highest BCUT2D eigenvalue weighted by molar-refractivity contribution is 7.17. The Morgan fingerprint density at radius 3 is 2.92 bits per heavy atom. The largest absolute Gasteiger partial charge is 0.462 e. The van der Waals surface area contributed by atoms with Crippen molar-refractivity contribution in [1.82, 2.24) is 9.78 Å². The lowest BCUT2D eigenvalue weighted by Crippen LogP contribution is -2.17. The first-order valence-electron chi connectivity index (χ1n) is 8.72. The van der Waals surface area contributed by atoms with Gasteiger partial charge in [-0.1, -0.05) is 25.4 Å². The number of anilines is 1. The van der Waals surface area contributed by atoms with Gasteiger partial charge in [0.15, 0.2) is 5.69 Å². The van der Waals surface area contributed by atoms with Crippen LogP contribution in [0.5, 0.6) is 0 Å². The second kappa shape index (κ2) is 7.80. The predicted molar refractivity (Wildman–Crippen MR) is 102 cm³/mol. The molecular weight excluding hydrogens is 374 g/mol. The van der Waals surface area contributed by atoms with Gasteiger partial charge in [-0.15, -0.1) is 11.3 Å². The zero-order valence-corrected chi connectivity index (χ0v) is 16.7. The normalized spacial score (nSPS) is 16.2. The first kappa shape index (κ1) is 18.9. The maximum absolute atomic E-state index is 12.6. The molecule has 3 rings (SSSR count). The van der Waals surface area contributed by atoms with Gasteiger partial charge < -0.3 is 10.1 Å². The van der Waals surface area contributed by atoms with Crippen molar-refractivity contribution in [3.8, 4) is 0 Å². The average molecular weight is 396 g/mol. The Bertz CT molecular complexity index is 843. The second-order valence-electron chi connectivity index (χ2n) is 6.65. The molecule has 1 atom stereocenters. The zero-order chi connectivity index (χ0) is 18.8. The number of rotatable bonds is 5. The molecule has 0 fully saturated rings. The summed E-state index contributed by atoms with van der Waals surface area (Å²) in [6.07, 6.45) is 5.07. The Morgan fingerprint density at radius 2 is 2.27 bits per heavy atom. The van der Waals surface area contributed by atoms with Crippen molar-refractivity contribution in [2.75, 3.05) is 11.9 Å². The number of ether oxygens (including phenoxy) is 1. The lowest BCUT2D eigenvalue weighted by molar-refractivity contribution is 0.0505. The van der Waals surface area contributed by atoms with E-state index in [1.807, 2.05) is 6.92 Å². The lowest BCUT2D eigenvalue weighted by atomic mass is 9.88. The summed E-state index contributed by atoms with van der Waals surface area (Å²) in [4.78, 5) is 26.4. The highest BCUT2D eigenvalue weighted by atomic mass is 35.5. The van der Waals surface area contributed by atoms with E-state index in [0.29, 0.717) is 23.1 Å². The Morgan fingerprint density at radius 1 is 1.50 bits per heavy atom. The molecule has 0 spiro atoms. The number of thiophene rings is 1. The van der Waals surface area contributed by atoms with E-state index in [4.69, 9.17) is 16.3 Å². The molecule has 0 saturated carbocycles. The van der Waals surface area contributed by atoms with E-state index >= 15 is 0 Å². The Balaban J connectivity index is 1.93. The number of nitrogens with one attached hydrogen (secondary N) is 1. The van der Waals surface area contributed by atoms with E-state index in [2.05, 4.69) is 17.3 Å². The molecule has 26 heavy (non-hydrogen) atoms. The minimum atomic E-state index is -0.424. The van der Waals surface area contributed by atoms with Gasteiger partial charge in [-0.25, -0.2) is 4.79 Å². The van der Waals surface area contributed by atoms with Crippen LogP contribution in [0.15, 0.2) is 6.20 Å². The van der Waals surface area contributed by atoms with Gasteiger partial charge in [0.25, 0.3) is 5.91 Å². The Hall–Kier alpha value is -1.86. The van der Waals surface area contributed by atoms with E-state index in [0.717, 1.165) is 36.1 Å². The van der Waals surface area contributed by atoms with E-state index in [9.17, 15) is 9.59 Å². The van der Waals surface area contributed by atoms with Crippen LogP contribution in [0.1, 0.15) is 58.0 Å². The number of aromatic nitrogens is 2. The summed E-state index contributed by atoms with van der Waals surface area (Å²) in [5.74, 6) is -0.234. The van der Waals surface area contributed by atoms with Crippen LogP contribution in [0.2, 0.25) is 5.02 Å². The van der Waals surface area contributed by atoms with E-state index in [1.165, 1.54) is 16.0 Å². The standard InChI is InChI=1S/C18H22ClN3O3S/c1-4-7-25-18(24)14-11-6-5-10(2)8-13(11)26-17(14)20-16(23)15-12(19)9-22(3)21-15/h9-10H,4-8H2,1-3H3,(H,20,23)/t10-/m0/s1. The molecule has 1 amide bonds. The molecule has 1 aliphatic rings. The third-order valence-corrected chi connectivity index (χ3v) is 5.83. The summed E-state index contributed by atoms with van der Waals surface area (Å²) in [6, 6.07) is 0. The minimum Gasteiger partial charge on any atom is -0.462 e. The van der Waals surface area contributed by atoms with Crippen LogP contribution in [-0.4, -0.2) is 28.3 Å². The summed E-state index contributed by atoms with van der Waals surface area (Å²) in [5.41, 5.74) is 1.64. The molecule has 0 aromatic carbocycles. The first-order valence-corrected chi connectivity index (χ1v) is 9.92. The highest BCUT2D eigenvalue weighted by Gasteiger charge is 2.30. The van der Waals surface area contributed by atoms with Gasteiger partial charge in [0.1, 0.15) is 5.00 Å². The second-order valence-corrected chi connectivity index (χ2v) is 8.16. The van der Waals surface area contributed by atoms with Gasteiger partial charge in [0, 0.05) is 18.1 Å². The number of hydrogen-bond donors (Lipinski definition) is 1. The van der Waals surface area contributed by atoms with Crippen LogP contribution in [0, 0.1) is 5.92 Å². The molecule has 2 heterocycles. The molecule has 2 aromatic heterocycles. The summed E-state index contributed by atoms with van der Waals surface area (Å²) in [6.45, 7) is 4.51. The van der Waals surface area contributed by atoms with Gasteiger partial charge >= 0.3 is 5.97 Å². The average Bonchev–Trinajstić information content (AvgIpc) is 3.11. The molecule has 1 N–H and O–H groups in total.